The number of H-pyrrole nitrogens is 1. The van der Waals surface area contributed by atoms with E-state index in [1.807, 2.05) is 37.4 Å². The van der Waals surface area contributed by atoms with Crippen molar-refractivity contribution in [3.8, 4) is 0 Å². The maximum atomic E-state index is 11.6. The SMILES string of the molecule is CN(Cc1ccccc1)c1c(Cl)cn[nH]c1=O. The molecule has 1 aromatic heterocycles. The zero-order valence-corrected chi connectivity index (χ0v) is 10.1. The molecule has 0 aliphatic rings. The second-order valence-electron chi connectivity index (χ2n) is 3.74. The quantitative estimate of drug-likeness (QED) is 0.906. The molecule has 0 fully saturated rings. The Morgan fingerprint density at radius 2 is 2.06 bits per heavy atom. The summed E-state index contributed by atoms with van der Waals surface area (Å²) in [5.41, 5.74) is 1.27. The average Bonchev–Trinajstić information content (AvgIpc) is 2.30. The molecule has 0 bridgehead atoms. The Morgan fingerprint density at radius 1 is 1.35 bits per heavy atom. The van der Waals surface area contributed by atoms with E-state index < -0.39 is 0 Å². The summed E-state index contributed by atoms with van der Waals surface area (Å²) in [7, 11) is 1.82. The summed E-state index contributed by atoms with van der Waals surface area (Å²) in [5, 5.41) is 6.37. The summed E-state index contributed by atoms with van der Waals surface area (Å²) in [4.78, 5) is 13.4. The Balaban J connectivity index is 2.27. The van der Waals surface area contributed by atoms with E-state index in [-0.39, 0.29) is 5.56 Å². The van der Waals surface area contributed by atoms with Crippen molar-refractivity contribution < 1.29 is 0 Å². The molecule has 2 rings (SSSR count). The van der Waals surface area contributed by atoms with Gasteiger partial charge < -0.3 is 4.90 Å². The first-order valence-electron chi connectivity index (χ1n) is 5.16. The molecule has 0 atom stereocenters. The number of halogens is 1. The van der Waals surface area contributed by atoms with Crippen molar-refractivity contribution in [3.63, 3.8) is 0 Å². The van der Waals surface area contributed by atoms with Crippen LogP contribution in [0.1, 0.15) is 5.56 Å². The van der Waals surface area contributed by atoms with Crippen LogP contribution >= 0.6 is 11.6 Å². The number of anilines is 1. The lowest BCUT2D eigenvalue weighted by atomic mass is 10.2. The van der Waals surface area contributed by atoms with Crippen LogP contribution in [0.2, 0.25) is 5.02 Å². The highest BCUT2D eigenvalue weighted by Crippen LogP contribution is 2.19. The molecule has 2 aromatic rings. The monoisotopic (exact) mass is 249 g/mol. The Bertz CT molecular complexity index is 553. The standard InChI is InChI=1S/C12H12ClN3O/c1-16(8-9-5-3-2-4-6-9)11-10(13)7-14-15-12(11)17/h2-7H,8H2,1H3,(H,15,17). The summed E-state index contributed by atoms with van der Waals surface area (Å²) in [6.45, 7) is 0.619. The van der Waals surface area contributed by atoms with Crippen molar-refractivity contribution in [2.24, 2.45) is 0 Å². The van der Waals surface area contributed by atoms with Crippen LogP contribution in [0.5, 0.6) is 0 Å². The van der Waals surface area contributed by atoms with Gasteiger partial charge in [-0.3, -0.25) is 4.79 Å². The molecular formula is C12H12ClN3O. The minimum atomic E-state index is -0.282. The highest BCUT2D eigenvalue weighted by atomic mass is 35.5. The van der Waals surface area contributed by atoms with E-state index in [0.29, 0.717) is 17.3 Å². The Kier molecular flexibility index (Phi) is 3.44. The van der Waals surface area contributed by atoms with Crippen molar-refractivity contribution in [1.29, 1.82) is 0 Å². The average molecular weight is 250 g/mol. The maximum Gasteiger partial charge on any atom is 0.289 e. The minimum Gasteiger partial charge on any atom is -0.365 e. The van der Waals surface area contributed by atoms with E-state index in [1.54, 1.807) is 4.90 Å². The third-order valence-electron chi connectivity index (χ3n) is 2.43. The fourth-order valence-corrected chi connectivity index (χ4v) is 1.94. The first kappa shape index (κ1) is 11.7. The van der Waals surface area contributed by atoms with Gasteiger partial charge in [-0.2, -0.15) is 5.10 Å². The van der Waals surface area contributed by atoms with Gasteiger partial charge in [-0.05, 0) is 5.56 Å². The Morgan fingerprint density at radius 3 is 2.71 bits per heavy atom. The number of hydrogen-bond acceptors (Lipinski definition) is 3. The number of aromatic amines is 1. The fourth-order valence-electron chi connectivity index (χ4n) is 1.66. The van der Waals surface area contributed by atoms with Gasteiger partial charge in [0.1, 0.15) is 5.69 Å². The van der Waals surface area contributed by atoms with Gasteiger partial charge in [0.15, 0.2) is 0 Å². The van der Waals surface area contributed by atoms with Crippen LogP contribution in [0.4, 0.5) is 5.69 Å². The smallest absolute Gasteiger partial charge is 0.289 e. The first-order chi connectivity index (χ1) is 8.18. The molecule has 1 N–H and O–H groups in total. The molecule has 5 heteroatoms. The molecule has 0 radical (unpaired) electrons. The van der Waals surface area contributed by atoms with E-state index in [2.05, 4.69) is 10.2 Å². The molecule has 0 unspecified atom stereocenters. The number of benzene rings is 1. The molecule has 0 aliphatic heterocycles. The number of nitrogens with zero attached hydrogens (tertiary/aromatic N) is 2. The second kappa shape index (κ2) is 5.01. The fraction of sp³-hybridized carbons (Fsp3) is 0.167. The lowest BCUT2D eigenvalue weighted by Crippen LogP contribution is -2.25. The van der Waals surface area contributed by atoms with E-state index >= 15 is 0 Å². The van der Waals surface area contributed by atoms with Crippen LogP contribution in [0, 0.1) is 0 Å². The largest absolute Gasteiger partial charge is 0.365 e. The predicted molar refractivity (Wildman–Crippen MR) is 68.4 cm³/mol. The van der Waals surface area contributed by atoms with Crippen molar-refractivity contribution in [2.75, 3.05) is 11.9 Å². The van der Waals surface area contributed by atoms with Crippen LogP contribution in [0.3, 0.4) is 0 Å². The van der Waals surface area contributed by atoms with Crippen LogP contribution in [0.25, 0.3) is 0 Å². The van der Waals surface area contributed by atoms with Crippen LogP contribution in [0.15, 0.2) is 41.3 Å². The summed E-state index contributed by atoms with van der Waals surface area (Å²) in [6.07, 6.45) is 1.43. The predicted octanol–water partition coefficient (Wildman–Crippen LogP) is 2.06. The van der Waals surface area contributed by atoms with E-state index in [4.69, 9.17) is 11.6 Å². The van der Waals surface area contributed by atoms with Crippen molar-refractivity contribution in [1.82, 2.24) is 10.2 Å². The van der Waals surface area contributed by atoms with Gasteiger partial charge in [0.25, 0.3) is 5.56 Å². The molecule has 88 valence electrons. The molecular weight excluding hydrogens is 238 g/mol. The number of aromatic nitrogens is 2. The summed E-state index contributed by atoms with van der Waals surface area (Å²) in [6, 6.07) is 9.87. The third-order valence-corrected chi connectivity index (χ3v) is 2.71. The molecule has 4 nitrogen and oxygen atoms in total. The Hall–Kier alpha value is -1.81. The summed E-state index contributed by atoms with van der Waals surface area (Å²) >= 11 is 5.97. The number of nitrogens with one attached hydrogen (secondary N) is 1. The zero-order valence-electron chi connectivity index (χ0n) is 9.35. The van der Waals surface area contributed by atoms with Gasteiger partial charge in [0.2, 0.25) is 0 Å². The molecule has 0 amide bonds. The minimum absolute atomic E-state index is 0.282. The topological polar surface area (TPSA) is 49.0 Å². The number of rotatable bonds is 3. The van der Waals surface area contributed by atoms with Crippen molar-refractivity contribution >= 4 is 17.3 Å². The highest BCUT2D eigenvalue weighted by Gasteiger charge is 2.11. The number of hydrogen-bond donors (Lipinski definition) is 1. The van der Waals surface area contributed by atoms with Gasteiger partial charge in [0.05, 0.1) is 11.2 Å². The summed E-state index contributed by atoms with van der Waals surface area (Å²) in [5.74, 6) is 0. The van der Waals surface area contributed by atoms with Crippen LogP contribution < -0.4 is 10.5 Å². The van der Waals surface area contributed by atoms with E-state index in [1.165, 1.54) is 6.20 Å². The molecule has 1 heterocycles. The lowest BCUT2D eigenvalue weighted by Gasteiger charge is -2.18. The highest BCUT2D eigenvalue weighted by molar-refractivity contribution is 6.33. The lowest BCUT2D eigenvalue weighted by molar-refractivity contribution is 0.886. The third kappa shape index (κ3) is 2.65. The van der Waals surface area contributed by atoms with Gasteiger partial charge in [-0.15, -0.1) is 0 Å². The molecule has 0 saturated carbocycles. The van der Waals surface area contributed by atoms with Crippen LogP contribution in [-0.4, -0.2) is 17.2 Å². The van der Waals surface area contributed by atoms with E-state index in [0.717, 1.165) is 5.56 Å². The van der Waals surface area contributed by atoms with E-state index in [9.17, 15) is 4.79 Å². The normalized spacial score (nSPS) is 10.2. The van der Waals surface area contributed by atoms with Crippen molar-refractivity contribution in [3.05, 3.63) is 57.5 Å². The van der Waals surface area contributed by atoms with Gasteiger partial charge in [-0.1, -0.05) is 41.9 Å². The summed E-state index contributed by atoms with van der Waals surface area (Å²) < 4.78 is 0. The van der Waals surface area contributed by atoms with Gasteiger partial charge >= 0.3 is 0 Å². The van der Waals surface area contributed by atoms with Gasteiger partial charge in [0, 0.05) is 13.6 Å². The molecule has 0 saturated heterocycles. The Labute approximate surface area is 104 Å². The molecule has 17 heavy (non-hydrogen) atoms. The molecule has 0 spiro atoms. The molecule has 0 aliphatic carbocycles. The maximum absolute atomic E-state index is 11.6. The molecule has 1 aromatic carbocycles. The van der Waals surface area contributed by atoms with Gasteiger partial charge in [-0.25, -0.2) is 5.10 Å². The zero-order chi connectivity index (χ0) is 12.3. The first-order valence-corrected chi connectivity index (χ1v) is 5.54. The second-order valence-corrected chi connectivity index (χ2v) is 4.14. The van der Waals surface area contributed by atoms with Crippen LogP contribution in [-0.2, 0) is 6.54 Å². The van der Waals surface area contributed by atoms with Crippen molar-refractivity contribution in [2.45, 2.75) is 6.54 Å².